The number of hydrogen-bond acceptors (Lipinski definition) is 3. The normalized spacial score (nSPS) is 13.8. The molecule has 24 heavy (non-hydrogen) atoms. The Kier molecular flexibility index (Phi) is 7.33. The van der Waals surface area contributed by atoms with Gasteiger partial charge in [0.1, 0.15) is 12.2 Å². The summed E-state index contributed by atoms with van der Waals surface area (Å²) in [7, 11) is 1.59. The van der Waals surface area contributed by atoms with Gasteiger partial charge in [0.25, 0.3) is 0 Å². The van der Waals surface area contributed by atoms with E-state index in [1.807, 2.05) is 24.3 Å². The van der Waals surface area contributed by atoms with Crippen LogP contribution >= 0.6 is 0 Å². The van der Waals surface area contributed by atoms with E-state index >= 15 is 0 Å². The quantitative estimate of drug-likeness (QED) is 0.569. The molecule has 0 spiro atoms. The Balaban J connectivity index is 1.66. The van der Waals surface area contributed by atoms with Crippen LogP contribution in [-0.4, -0.2) is 25.5 Å². The van der Waals surface area contributed by atoms with Crippen molar-refractivity contribution in [1.82, 2.24) is 10.6 Å². The second-order valence-corrected chi connectivity index (χ2v) is 5.97. The van der Waals surface area contributed by atoms with E-state index in [1.54, 1.807) is 7.11 Å². The number of carbonyl (C=O) groups is 2. The summed E-state index contributed by atoms with van der Waals surface area (Å²) in [6.45, 7) is 0.952. The van der Waals surface area contributed by atoms with Crippen LogP contribution in [0.4, 0.5) is 0 Å². The Bertz CT molecular complexity index is 596. The number of amides is 2. The topological polar surface area (TPSA) is 67.4 Å². The van der Waals surface area contributed by atoms with Crippen LogP contribution in [0.5, 0.6) is 5.75 Å². The van der Waals surface area contributed by atoms with Gasteiger partial charge in [-0.3, -0.25) is 9.59 Å². The maximum atomic E-state index is 11.9. The Morgan fingerprint density at radius 1 is 1.12 bits per heavy atom. The molecule has 2 N–H and O–H groups in total. The summed E-state index contributed by atoms with van der Waals surface area (Å²) in [5.74, 6) is 0.210. The van der Waals surface area contributed by atoms with Crippen LogP contribution in [0.2, 0.25) is 0 Å². The van der Waals surface area contributed by atoms with Crippen molar-refractivity contribution in [2.24, 2.45) is 0 Å². The van der Waals surface area contributed by atoms with Crippen molar-refractivity contribution in [1.29, 1.82) is 0 Å². The molecule has 0 heterocycles. The summed E-state index contributed by atoms with van der Waals surface area (Å²) in [6.07, 6.45) is 7.80. The molecule has 0 aliphatic heterocycles. The lowest BCUT2D eigenvalue weighted by Crippen LogP contribution is -2.32. The van der Waals surface area contributed by atoms with Crippen LogP contribution in [0, 0.1) is 0 Å². The zero-order valence-corrected chi connectivity index (χ0v) is 14.3. The van der Waals surface area contributed by atoms with Crippen molar-refractivity contribution in [2.45, 2.75) is 45.1 Å². The minimum Gasteiger partial charge on any atom is -0.496 e. The average molecular weight is 330 g/mol. The Morgan fingerprint density at radius 2 is 1.92 bits per heavy atom. The number of benzene rings is 1. The first kappa shape index (κ1) is 18.0. The van der Waals surface area contributed by atoms with Crippen molar-refractivity contribution in [3.63, 3.8) is 0 Å². The number of carbonyl (C=O) groups excluding carboxylic acids is 2. The summed E-state index contributed by atoms with van der Waals surface area (Å²) in [5, 5.41) is 5.57. The maximum absolute atomic E-state index is 11.9. The lowest BCUT2D eigenvalue weighted by molar-refractivity contribution is -0.129. The predicted molar refractivity (Wildman–Crippen MR) is 93.6 cm³/mol. The molecule has 1 aliphatic carbocycles. The van der Waals surface area contributed by atoms with Crippen molar-refractivity contribution in [3.05, 3.63) is 41.5 Å². The smallest absolute Gasteiger partial charge is 0.229 e. The number of nitrogens with one attached hydrogen (secondary N) is 2. The molecular formula is C19H26N2O3. The van der Waals surface area contributed by atoms with Crippen LogP contribution < -0.4 is 15.4 Å². The lowest BCUT2D eigenvalue weighted by atomic mass is 9.97. The third-order valence-electron chi connectivity index (χ3n) is 4.14. The van der Waals surface area contributed by atoms with E-state index in [-0.39, 0.29) is 18.2 Å². The monoisotopic (exact) mass is 330 g/mol. The van der Waals surface area contributed by atoms with Gasteiger partial charge in [-0.2, -0.15) is 0 Å². The van der Waals surface area contributed by atoms with E-state index in [9.17, 15) is 9.59 Å². The van der Waals surface area contributed by atoms with Crippen LogP contribution in [0.3, 0.4) is 0 Å². The molecule has 0 atom stereocenters. The van der Waals surface area contributed by atoms with Gasteiger partial charge in [-0.05, 0) is 38.2 Å². The van der Waals surface area contributed by atoms with E-state index < -0.39 is 0 Å². The van der Waals surface area contributed by atoms with Crippen molar-refractivity contribution < 1.29 is 14.3 Å². The van der Waals surface area contributed by atoms with Gasteiger partial charge in [0.2, 0.25) is 11.8 Å². The largest absolute Gasteiger partial charge is 0.496 e. The molecule has 5 heteroatoms. The molecule has 0 unspecified atom stereocenters. The average Bonchev–Trinajstić information content (AvgIpc) is 2.61. The minimum atomic E-state index is -0.282. The summed E-state index contributed by atoms with van der Waals surface area (Å²) in [5.41, 5.74) is 2.31. The highest BCUT2D eigenvalue weighted by atomic mass is 16.5. The Hall–Kier alpha value is -2.30. The molecule has 130 valence electrons. The highest BCUT2D eigenvalue weighted by molar-refractivity contribution is 5.96. The first-order chi connectivity index (χ1) is 11.7. The van der Waals surface area contributed by atoms with Gasteiger partial charge < -0.3 is 15.4 Å². The third kappa shape index (κ3) is 6.07. The summed E-state index contributed by atoms with van der Waals surface area (Å²) < 4.78 is 5.23. The SMILES string of the molecule is COc1ccccc1CNC(=O)CC(=O)NCCC1=CCCCC1. The zero-order valence-electron chi connectivity index (χ0n) is 14.3. The summed E-state index contributed by atoms with van der Waals surface area (Å²) in [4.78, 5) is 23.7. The van der Waals surface area contributed by atoms with E-state index in [2.05, 4.69) is 16.7 Å². The fourth-order valence-corrected chi connectivity index (χ4v) is 2.81. The molecule has 5 nitrogen and oxygen atoms in total. The second kappa shape index (κ2) is 9.75. The molecular weight excluding hydrogens is 304 g/mol. The Morgan fingerprint density at radius 3 is 2.67 bits per heavy atom. The number of rotatable bonds is 8. The predicted octanol–water partition coefficient (Wildman–Crippen LogP) is 2.71. The first-order valence-electron chi connectivity index (χ1n) is 8.52. The van der Waals surface area contributed by atoms with Crippen LogP contribution in [0.1, 0.15) is 44.1 Å². The number of allylic oxidation sites excluding steroid dienone is 1. The first-order valence-corrected chi connectivity index (χ1v) is 8.52. The molecule has 1 aromatic rings. The van der Waals surface area contributed by atoms with E-state index in [0.29, 0.717) is 13.1 Å². The molecule has 1 aliphatic rings. The van der Waals surface area contributed by atoms with Gasteiger partial charge in [-0.15, -0.1) is 0 Å². The minimum absolute atomic E-state index is 0.145. The lowest BCUT2D eigenvalue weighted by Gasteiger charge is -2.13. The van der Waals surface area contributed by atoms with E-state index in [1.165, 1.54) is 18.4 Å². The fraction of sp³-hybridized carbons (Fsp3) is 0.474. The van der Waals surface area contributed by atoms with Gasteiger partial charge >= 0.3 is 0 Å². The van der Waals surface area contributed by atoms with E-state index in [4.69, 9.17) is 4.74 Å². The number of methoxy groups -OCH3 is 1. The highest BCUT2D eigenvalue weighted by Crippen LogP contribution is 2.19. The van der Waals surface area contributed by atoms with Crippen LogP contribution in [0.25, 0.3) is 0 Å². The van der Waals surface area contributed by atoms with Crippen molar-refractivity contribution >= 4 is 11.8 Å². The molecule has 2 amide bonds. The fourth-order valence-electron chi connectivity index (χ4n) is 2.81. The molecule has 0 aromatic heterocycles. The van der Waals surface area contributed by atoms with Gasteiger partial charge in [0.05, 0.1) is 7.11 Å². The van der Waals surface area contributed by atoms with Gasteiger partial charge in [0, 0.05) is 18.7 Å². The molecule has 0 fully saturated rings. The van der Waals surface area contributed by atoms with Gasteiger partial charge in [-0.25, -0.2) is 0 Å². The molecule has 1 aromatic carbocycles. The van der Waals surface area contributed by atoms with Crippen LogP contribution in [-0.2, 0) is 16.1 Å². The van der Waals surface area contributed by atoms with Crippen molar-refractivity contribution in [3.8, 4) is 5.75 Å². The number of hydrogen-bond donors (Lipinski definition) is 2. The molecule has 2 rings (SSSR count). The van der Waals surface area contributed by atoms with E-state index in [0.717, 1.165) is 30.6 Å². The third-order valence-corrected chi connectivity index (χ3v) is 4.14. The number of ether oxygens (including phenoxy) is 1. The molecule has 0 radical (unpaired) electrons. The summed E-state index contributed by atoms with van der Waals surface area (Å²) in [6, 6.07) is 7.49. The van der Waals surface area contributed by atoms with Crippen LogP contribution in [0.15, 0.2) is 35.9 Å². The highest BCUT2D eigenvalue weighted by Gasteiger charge is 2.10. The summed E-state index contributed by atoms with van der Waals surface area (Å²) >= 11 is 0. The molecule has 0 bridgehead atoms. The second-order valence-electron chi connectivity index (χ2n) is 5.97. The zero-order chi connectivity index (χ0) is 17.2. The van der Waals surface area contributed by atoms with Gasteiger partial charge in [0.15, 0.2) is 0 Å². The standard InChI is InChI=1S/C19H26N2O3/c1-24-17-10-6-5-9-16(17)14-21-19(23)13-18(22)20-12-11-15-7-3-2-4-8-15/h5-7,9-10H,2-4,8,11-14H2,1H3,(H,20,22)(H,21,23). The Labute approximate surface area is 143 Å². The van der Waals surface area contributed by atoms with Crippen molar-refractivity contribution in [2.75, 3.05) is 13.7 Å². The van der Waals surface area contributed by atoms with Gasteiger partial charge in [-0.1, -0.05) is 29.8 Å². The number of para-hydroxylation sites is 1. The molecule has 0 saturated heterocycles. The molecule has 0 saturated carbocycles. The maximum Gasteiger partial charge on any atom is 0.229 e.